The van der Waals surface area contributed by atoms with Crippen LogP contribution in [0.15, 0.2) is 18.3 Å². The topological polar surface area (TPSA) is 72.3 Å². The third-order valence-electron chi connectivity index (χ3n) is 2.14. The second-order valence-corrected chi connectivity index (χ2v) is 3.09. The fourth-order valence-corrected chi connectivity index (χ4v) is 1.39. The molecule has 78 valence electrons. The average Bonchev–Trinajstić information content (AvgIpc) is 2.33. The first kappa shape index (κ1) is 10.4. The van der Waals surface area contributed by atoms with Gasteiger partial charge >= 0.3 is 5.97 Å². The van der Waals surface area contributed by atoms with Gasteiger partial charge in [-0.1, -0.05) is 6.07 Å². The number of carbonyl (C=O) groups is 1. The molecule has 0 spiro atoms. The molecule has 0 saturated carbocycles. The van der Waals surface area contributed by atoms with E-state index in [1.807, 2.05) is 0 Å². The molecule has 16 heavy (non-hydrogen) atoms. The van der Waals surface area contributed by atoms with Gasteiger partial charge in [0.2, 0.25) is 0 Å². The molecule has 0 aliphatic carbocycles. The number of aromatic hydroxyl groups is 1. The Morgan fingerprint density at radius 1 is 1.56 bits per heavy atom. The Bertz CT molecular complexity index is 571. The lowest BCUT2D eigenvalue weighted by molar-refractivity contribution is 0.0591. The van der Waals surface area contributed by atoms with Gasteiger partial charge in [0, 0.05) is 11.6 Å². The van der Waals surface area contributed by atoms with Crippen LogP contribution in [0.25, 0.3) is 10.9 Å². The first-order valence-corrected chi connectivity index (χ1v) is 4.46. The van der Waals surface area contributed by atoms with Gasteiger partial charge < -0.3 is 9.84 Å². The predicted molar refractivity (Wildman–Crippen MR) is 57.9 cm³/mol. The fraction of sp³-hybridized carbons (Fsp3) is 0.100. The number of carbonyl (C=O) groups excluding carboxylic acids is 1. The van der Waals surface area contributed by atoms with Crippen molar-refractivity contribution < 1.29 is 14.6 Å². The summed E-state index contributed by atoms with van der Waals surface area (Å²) in [5.74, 6) is -1.08. The van der Waals surface area contributed by atoms with E-state index in [0.717, 1.165) is 0 Å². The molecule has 6 heteroatoms. The number of pyridine rings is 2. The van der Waals surface area contributed by atoms with Crippen molar-refractivity contribution in [3.05, 3.63) is 24.0 Å². The number of methoxy groups -OCH3 is 1. The number of ether oxygens (including phenoxy) is 1. The van der Waals surface area contributed by atoms with Crippen molar-refractivity contribution in [3.63, 3.8) is 0 Å². The molecule has 2 aromatic rings. The first-order chi connectivity index (χ1) is 7.65. The van der Waals surface area contributed by atoms with E-state index in [9.17, 15) is 9.90 Å². The van der Waals surface area contributed by atoms with Gasteiger partial charge in [-0.05, 0) is 11.7 Å². The Morgan fingerprint density at radius 2 is 2.31 bits per heavy atom. The molecule has 0 atom stereocenters. The van der Waals surface area contributed by atoms with Crippen LogP contribution in [0.5, 0.6) is 5.75 Å². The molecule has 0 unspecified atom stereocenters. The van der Waals surface area contributed by atoms with E-state index in [4.69, 9.17) is 7.85 Å². The standard InChI is InChI=1S/C10H7BN2O3/c1-16-10(15)7-8(14)6-5(9(11)13-7)3-2-4-12-6/h2-4,14H,1H3. The van der Waals surface area contributed by atoms with Crippen molar-refractivity contribution in [1.29, 1.82) is 0 Å². The predicted octanol–water partition coefficient (Wildman–Crippen LogP) is -0.0842. The number of nitrogens with zero attached hydrogens (tertiary/aromatic N) is 2. The summed E-state index contributed by atoms with van der Waals surface area (Å²) in [6.07, 6.45) is 1.49. The quantitative estimate of drug-likeness (QED) is 0.530. The highest BCUT2D eigenvalue weighted by Crippen LogP contribution is 2.23. The van der Waals surface area contributed by atoms with Crippen molar-refractivity contribution >= 4 is 30.3 Å². The molecule has 2 aromatic heterocycles. The summed E-state index contributed by atoms with van der Waals surface area (Å²) >= 11 is 0. The van der Waals surface area contributed by atoms with E-state index >= 15 is 0 Å². The van der Waals surface area contributed by atoms with Gasteiger partial charge in [0.1, 0.15) is 13.4 Å². The van der Waals surface area contributed by atoms with Crippen LogP contribution < -0.4 is 5.59 Å². The van der Waals surface area contributed by atoms with Crippen LogP contribution in [0.1, 0.15) is 10.5 Å². The van der Waals surface area contributed by atoms with Gasteiger partial charge in [0.05, 0.1) is 7.11 Å². The number of esters is 1. The van der Waals surface area contributed by atoms with E-state index in [1.54, 1.807) is 12.1 Å². The van der Waals surface area contributed by atoms with Gasteiger partial charge in [-0.25, -0.2) is 4.79 Å². The second kappa shape index (κ2) is 3.81. The Balaban J connectivity index is 2.80. The van der Waals surface area contributed by atoms with Crippen LogP contribution in [0, 0.1) is 0 Å². The molecule has 1 N–H and O–H groups in total. The van der Waals surface area contributed by atoms with Gasteiger partial charge in [-0.2, -0.15) is 0 Å². The van der Waals surface area contributed by atoms with Crippen LogP contribution >= 0.6 is 0 Å². The Kier molecular flexibility index (Phi) is 2.48. The molecule has 0 amide bonds. The molecule has 2 heterocycles. The van der Waals surface area contributed by atoms with Crippen LogP contribution in [0.4, 0.5) is 0 Å². The third-order valence-corrected chi connectivity index (χ3v) is 2.14. The molecule has 2 radical (unpaired) electrons. The summed E-state index contributed by atoms with van der Waals surface area (Å²) < 4.78 is 4.48. The number of aromatic nitrogens is 2. The maximum absolute atomic E-state index is 11.3. The normalized spacial score (nSPS) is 10.3. The molecule has 0 bridgehead atoms. The summed E-state index contributed by atoms with van der Waals surface area (Å²) in [6, 6.07) is 3.32. The highest BCUT2D eigenvalue weighted by atomic mass is 16.5. The Hall–Kier alpha value is -2.11. The third kappa shape index (κ3) is 1.48. The van der Waals surface area contributed by atoms with E-state index in [2.05, 4.69) is 14.7 Å². The lowest BCUT2D eigenvalue weighted by Crippen LogP contribution is -2.17. The molecule has 0 aromatic carbocycles. The minimum Gasteiger partial charge on any atom is -0.504 e. The first-order valence-electron chi connectivity index (χ1n) is 4.46. The van der Waals surface area contributed by atoms with E-state index in [1.165, 1.54) is 13.3 Å². The van der Waals surface area contributed by atoms with Crippen LogP contribution in [0.3, 0.4) is 0 Å². The highest BCUT2D eigenvalue weighted by Gasteiger charge is 2.18. The summed E-state index contributed by atoms with van der Waals surface area (Å²) in [5.41, 5.74) is 0.128. The van der Waals surface area contributed by atoms with Gasteiger partial charge in [0.15, 0.2) is 11.4 Å². The van der Waals surface area contributed by atoms with Crippen LogP contribution in [-0.4, -0.2) is 36.0 Å². The van der Waals surface area contributed by atoms with Crippen molar-refractivity contribution in [2.45, 2.75) is 0 Å². The molecule has 0 aliphatic heterocycles. The summed E-state index contributed by atoms with van der Waals surface area (Å²) in [5, 5.41) is 10.3. The lowest BCUT2D eigenvalue weighted by Gasteiger charge is -2.07. The van der Waals surface area contributed by atoms with Crippen molar-refractivity contribution in [1.82, 2.24) is 9.97 Å². The zero-order valence-corrected chi connectivity index (χ0v) is 8.47. The van der Waals surface area contributed by atoms with E-state index in [-0.39, 0.29) is 22.6 Å². The summed E-state index contributed by atoms with van der Waals surface area (Å²) in [4.78, 5) is 19.0. The molecule has 5 nitrogen and oxygen atoms in total. The molecule has 2 rings (SSSR count). The summed E-state index contributed by atoms with van der Waals surface area (Å²) in [6.45, 7) is 0. The lowest BCUT2D eigenvalue weighted by atomic mass is 9.97. The SMILES string of the molecule is [B]c1nc(C(=O)OC)c(O)c2ncccc12. The number of hydrogen-bond acceptors (Lipinski definition) is 5. The van der Waals surface area contributed by atoms with E-state index in [0.29, 0.717) is 5.39 Å². The maximum Gasteiger partial charge on any atom is 0.360 e. The molecule has 0 fully saturated rings. The van der Waals surface area contributed by atoms with Crippen molar-refractivity contribution in [3.8, 4) is 5.75 Å². The Morgan fingerprint density at radius 3 is 3.00 bits per heavy atom. The second-order valence-electron chi connectivity index (χ2n) is 3.09. The van der Waals surface area contributed by atoms with Crippen LogP contribution in [0.2, 0.25) is 0 Å². The van der Waals surface area contributed by atoms with Crippen molar-refractivity contribution in [2.75, 3.05) is 7.11 Å². The maximum atomic E-state index is 11.3. The number of rotatable bonds is 1. The molecular formula is C10H7BN2O3. The van der Waals surface area contributed by atoms with Gasteiger partial charge in [0.25, 0.3) is 0 Å². The molecule has 0 saturated heterocycles. The minimum absolute atomic E-state index is 0.126. The smallest absolute Gasteiger partial charge is 0.360 e. The van der Waals surface area contributed by atoms with E-state index < -0.39 is 5.97 Å². The minimum atomic E-state index is -0.753. The fourth-order valence-electron chi connectivity index (χ4n) is 1.39. The van der Waals surface area contributed by atoms with Crippen LogP contribution in [-0.2, 0) is 4.74 Å². The highest BCUT2D eigenvalue weighted by molar-refractivity contribution is 6.37. The molecular weight excluding hydrogens is 207 g/mol. The average molecular weight is 214 g/mol. The zero-order valence-electron chi connectivity index (χ0n) is 8.47. The number of fused-ring (bicyclic) bond motifs is 1. The monoisotopic (exact) mass is 214 g/mol. The van der Waals surface area contributed by atoms with Crippen molar-refractivity contribution in [2.24, 2.45) is 0 Å². The largest absolute Gasteiger partial charge is 0.504 e. The zero-order chi connectivity index (χ0) is 11.7. The van der Waals surface area contributed by atoms with Gasteiger partial charge in [-0.3, -0.25) is 9.97 Å². The van der Waals surface area contributed by atoms with Gasteiger partial charge in [-0.15, -0.1) is 0 Å². The number of hydrogen-bond donors (Lipinski definition) is 1. The Labute approximate surface area is 92.5 Å². The molecule has 0 aliphatic rings. The summed E-state index contributed by atoms with van der Waals surface area (Å²) in [7, 11) is 6.85.